The molecule has 0 saturated carbocycles. The molecule has 7 heteroatoms. The van der Waals surface area contributed by atoms with E-state index >= 15 is 0 Å². The fourth-order valence-corrected chi connectivity index (χ4v) is 3.08. The Kier molecular flexibility index (Phi) is 4.41. The molecular weight excluding hydrogens is 289 g/mol. The molecule has 1 aliphatic rings. The van der Waals surface area contributed by atoms with E-state index in [1.54, 1.807) is 0 Å². The lowest BCUT2D eigenvalue weighted by atomic mass is 10.1. The molecule has 2 heterocycles. The average molecular weight is 308 g/mol. The summed E-state index contributed by atoms with van der Waals surface area (Å²) in [6.45, 7) is 6.52. The molecule has 20 heavy (non-hydrogen) atoms. The number of nitrogens with one attached hydrogen (secondary N) is 1. The molecule has 0 aliphatic carbocycles. The quantitative estimate of drug-likeness (QED) is 0.919. The molecule has 1 aliphatic heterocycles. The third-order valence-electron chi connectivity index (χ3n) is 2.97. The van der Waals surface area contributed by atoms with Crippen molar-refractivity contribution in [2.75, 3.05) is 6.61 Å². The van der Waals surface area contributed by atoms with Crippen molar-refractivity contribution in [2.24, 2.45) is 0 Å². The smallest absolute Gasteiger partial charge is 0.371 e. The van der Waals surface area contributed by atoms with Crippen LogP contribution in [0.1, 0.15) is 55.3 Å². The van der Waals surface area contributed by atoms with Crippen molar-refractivity contribution in [3.05, 3.63) is 15.6 Å². The van der Waals surface area contributed by atoms with Gasteiger partial charge in [0, 0.05) is 18.7 Å². The van der Waals surface area contributed by atoms with Crippen LogP contribution in [0, 0.1) is 0 Å². The second kappa shape index (κ2) is 5.61. The summed E-state index contributed by atoms with van der Waals surface area (Å²) < 4.78 is 44.6. The minimum atomic E-state index is -4.41. The SMILES string of the molecule is CC(C)(C)NCc1sc(C2CCCO2)nc1C(F)(F)F. The van der Waals surface area contributed by atoms with Gasteiger partial charge >= 0.3 is 6.18 Å². The Bertz CT molecular complexity index is 459. The van der Waals surface area contributed by atoms with E-state index in [2.05, 4.69) is 10.3 Å². The zero-order valence-corrected chi connectivity index (χ0v) is 12.6. The lowest BCUT2D eigenvalue weighted by molar-refractivity contribution is -0.141. The van der Waals surface area contributed by atoms with Crippen molar-refractivity contribution >= 4 is 11.3 Å². The van der Waals surface area contributed by atoms with Gasteiger partial charge in [0.15, 0.2) is 5.69 Å². The minimum Gasteiger partial charge on any atom is -0.371 e. The average Bonchev–Trinajstić information content (AvgIpc) is 2.93. The van der Waals surface area contributed by atoms with Crippen LogP contribution >= 0.6 is 11.3 Å². The van der Waals surface area contributed by atoms with Crippen LogP contribution in [0.3, 0.4) is 0 Å². The maximum absolute atomic E-state index is 13.0. The van der Waals surface area contributed by atoms with Crippen molar-refractivity contribution in [3.8, 4) is 0 Å². The molecular formula is C13H19F3N2OS. The van der Waals surface area contributed by atoms with Gasteiger partial charge in [-0.3, -0.25) is 0 Å². The highest BCUT2D eigenvalue weighted by Crippen LogP contribution is 2.39. The van der Waals surface area contributed by atoms with Crippen molar-refractivity contribution in [2.45, 2.75) is 58.0 Å². The molecule has 0 spiro atoms. The standard InChI is InChI=1S/C13H19F3N2OS/c1-12(2,3)17-7-9-10(13(14,15)16)18-11(20-9)8-5-4-6-19-8/h8,17H,4-7H2,1-3H3. The highest BCUT2D eigenvalue weighted by molar-refractivity contribution is 7.11. The van der Waals surface area contributed by atoms with Crippen LogP contribution in [0.4, 0.5) is 13.2 Å². The van der Waals surface area contributed by atoms with E-state index in [1.807, 2.05) is 20.8 Å². The van der Waals surface area contributed by atoms with Crippen molar-refractivity contribution < 1.29 is 17.9 Å². The Morgan fingerprint density at radius 1 is 1.35 bits per heavy atom. The fraction of sp³-hybridized carbons (Fsp3) is 0.769. The van der Waals surface area contributed by atoms with Gasteiger partial charge in [-0.15, -0.1) is 11.3 Å². The molecule has 1 aromatic heterocycles. The summed E-state index contributed by atoms with van der Waals surface area (Å²) in [7, 11) is 0. The molecule has 0 radical (unpaired) electrons. The first-order valence-corrected chi connectivity index (χ1v) is 7.42. The molecule has 1 N–H and O–H groups in total. The zero-order valence-electron chi connectivity index (χ0n) is 11.8. The number of alkyl halides is 3. The normalized spacial score (nSPS) is 20.6. The molecule has 0 amide bonds. The topological polar surface area (TPSA) is 34.1 Å². The maximum Gasteiger partial charge on any atom is 0.434 e. The number of nitrogens with zero attached hydrogens (tertiary/aromatic N) is 1. The molecule has 1 saturated heterocycles. The summed E-state index contributed by atoms with van der Waals surface area (Å²) in [5.41, 5.74) is -1.01. The van der Waals surface area contributed by atoms with Crippen LogP contribution in [0.25, 0.3) is 0 Å². The van der Waals surface area contributed by atoms with Gasteiger partial charge in [-0.2, -0.15) is 13.2 Å². The first kappa shape index (κ1) is 15.7. The molecule has 1 aromatic rings. The Labute approximate surface area is 120 Å². The van der Waals surface area contributed by atoms with Gasteiger partial charge in [0.1, 0.15) is 11.1 Å². The van der Waals surface area contributed by atoms with E-state index in [-0.39, 0.29) is 23.1 Å². The number of ether oxygens (including phenoxy) is 1. The van der Waals surface area contributed by atoms with Gasteiger partial charge in [-0.05, 0) is 33.6 Å². The zero-order chi connectivity index (χ0) is 15.0. The summed E-state index contributed by atoms with van der Waals surface area (Å²) >= 11 is 1.11. The van der Waals surface area contributed by atoms with E-state index in [9.17, 15) is 13.2 Å². The fourth-order valence-electron chi connectivity index (χ4n) is 1.97. The monoisotopic (exact) mass is 308 g/mol. The van der Waals surface area contributed by atoms with Gasteiger partial charge in [-0.1, -0.05) is 0 Å². The van der Waals surface area contributed by atoms with Crippen LogP contribution in [0.2, 0.25) is 0 Å². The Morgan fingerprint density at radius 3 is 2.55 bits per heavy atom. The van der Waals surface area contributed by atoms with Crippen LogP contribution in [0.15, 0.2) is 0 Å². The number of thiazole rings is 1. The molecule has 0 bridgehead atoms. The van der Waals surface area contributed by atoms with Gasteiger partial charge in [0.05, 0.1) is 4.88 Å². The number of halogens is 3. The molecule has 114 valence electrons. The minimum absolute atomic E-state index is 0.169. The predicted octanol–water partition coefficient (Wildman–Crippen LogP) is 3.90. The molecule has 3 nitrogen and oxygen atoms in total. The third kappa shape index (κ3) is 3.93. The van der Waals surface area contributed by atoms with Crippen LogP contribution in [-0.4, -0.2) is 17.1 Å². The highest BCUT2D eigenvalue weighted by Gasteiger charge is 2.38. The summed E-state index contributed by atoms with van der Waals surface area (Å²) in [5.74, 6) is 0. The summed E-state index contributed by atoms with van der Waals surface area (Å²) in [5, 5.41) is 3.53. The number of hydrogen-bond acceptors (Lipinski definition) is 4. The van der Waals surface area contributed by atoms with E-state index < -0.39 is 11.9 Å². The van der Waals surface area contributed by atoms with Crippen molar-refractivity contribution in [1.82, 2.24) is 10.3 Å². The Hall–Kier alpha value is -0.660. The summed E-state index contributed by atoms with van der Waals surface area (Å²) in [6, 6.07) is 0. The first-order valence-electron chi connectivity index (χ1n) is 6.60. The van der Waals surface area contributed by atoms with Crippen LogP contribution < -0.4 is 5.32 Å². The third-order valence-corrected chi connectivity index (χ3v) is 4.11. The highest BCUT2D eigenvalue weighted by atomic mass is 32.1. The summed E-state index contributed by atoms with van der Waals surface area (Å²) in [6.07, 6.45) is -3.06. The van der Waals surface area contributed by atoms with Gasteiger partial charge in [0.25, 0.3) is 0 Å². The van der Waals surface area contributed by atoms with Crippen LogP contribution in [0.5, 0.6) is 0 Å². The molecule has 0 aromatic carbocycles. The lowest BCUT2D eigenvalue weighted by Crippen LogP contribution is -2.35. The second-order valence-corrected chi connectivity index (χ2v) is 7.04. The molecule has 2 rings (SSSR count). The van der Waals surface area contributed by atoms with Gasteiger partial charge < -0.3 is 10.1 Å². The first-order chi connectivity index (χ1) is 9.17. The van der Waals surface area contributed by atoms with Crippen molar-refractivity contribution in [3.63, 3.8) is 0 Å². The molecule has 1 unspecified atom stereocenters. The number of hydrogen-bond donors (Lipinski definition) is 1. The maximum atomic E-state index is 13.0. The number of rotatable bonds is 3. The van der Waals surface area contributed by atoms with E-state index in [4.69, 9.17) is 4.74 Å². The van der Waals surface area contributed by atoms with E-state index in [0.29, 0.717) is 11.6 Å². The van der Waals surface area contributed by atoms with Gasteiger partial charge in [0.2, 0.25) is 0 Å². The molecule has 1 atom stereocenters. The van der Waals surface area contributed by atoms with E-state index in [1.165, 1.54) is 0 Å². The van der Waals surface area contributed by atoms with Gasteiger partial charge in [-0.25, -0.2) is 4.98 Å². The molecule has 1 fully saturated rings. The lowest BCUT2D eigenvalue weighted by Gasteiger charge is -2.20. The second-order valence-electron chi connectivity index (χ2n) is 5.93. The van der Waals surface area contributed by atoms with Crippen molar-refractivity contribution in [1.29, 1.82) is 0 Å². The predicted molar refractivity (Wildman–Crippen MR) is 71.6 cm³/mol. The number of aromatic nitrogens is 1. The van der Waals surface area contributed by atoms with Crippen LogP contribution in [-0.2, 0) is 17.5 Å². The Morgan fingerprint density at radius 2 is 2.05 bits per heavy atom. The largest absolute Gasteiger partial charge is 0.434 e. The Balaban J connectivity index is 2.23. The van der Waals surface area contributed by atoms with E-state index in [0.717, 1.165) is 24.2 Å². The summed E-state index contributed by atoms with van der Waals surface area (Å²) in [4.78, 5) is 4.03.